The zero-order valence-corrected chi connectivity index (χ0v) is 14.4. The van der Waals surface area contributed by atoms with E-state index in [0.717, 1.165) is 50.4 Å². The van der Waals surface area contributed by atoms with Crippen molar-refractivity contribution in [2.75, 3.05) is 0 Å². The van der Waals surface area contributed by atoms with Crippen LogP contribution in [0.3, 0.4) is 0 Å². The molecule has 0 aromatic carbocycles. The van der Waals surface area contributed by atoms with Crippen molar-refractivity contribution < 1.29 is 9.53 Å². The topological polar surface area (TPSA) is 78.3 Å². The molecule has 0 aromatic rings. The van der Waals surface area contributed by atoms with Crippen molar-refractivity contribution >= 4 is 5.97 Å². The molecule has 0 aromatic heterocycles. The first kappa shape index (κ1) is 17.2. The molecule has 0 aliphatic heterocycles. The fourth-order valence-corrected chi connectivity index (χ4v) is 4.91. The molecule has 0 saturated heterocycles. The fourth-order valence-electron chi connectivity index (χ4n) is 4.91. The summed E-state index contributed by atoms with van der Waals surface area (Å²) in [4.78, 5) is 12.4. The van der Waals surface area contributed by atoms with Crippen LogP contribution in [0, 0.1) is 17.8 Å². The van der Waals surface area contributed by atoms with Crippen LogP contribution < -0.4 is 11.5 Å². The van der Waals surface area contributed by atoms with E-state index in [4.69, 9.17) is 16.2 Å². The molecule has 0 radical (unpaired) electrons. The normalized spacial score (nSPS) is 42.2. The summed E-state index contributed by atoms with van der Waals surface area (Å²) >= 11 is 0. The molecular formula is C19H34N2O2. The van der Waals surface area contributed by atoms with Crippen LogP contribution in [0.5, 0.6) is 0 Å². The summed E-state index contributed by atoms with van der Waals surface area (Å²) < 4.78 is 5.76. The minimum absolute atomic E-state index is 0.0644. The van der Waals surface area contributed by atoms with Gasteiger partial charge in [-0.3, -0.25) is 4.79 Å². The molecule has 4 N–H and O–H groups in total. The first-order valence-electron chi connectivity index (χ1n) is 9.83. The van der Waals surface area contributed by atoms with Crippen molar-refractivity contribution in [2.24, 2.45) is 29.2 Å². The maximum absolute atomic E-state index is 12.4. The van der Waals surface area contributed by atoms with Crippen molar-refractivity contribution in [3.63, 3.8) is 0 Å². The molecule has 0 spiro atoms. The number of esters is 1. The number of hydrogen-bond acceptors (Lipinski definition) is 4. The highest BCUT2D eigenvalue weighted by Crippen LogP contribution is 2.40. The molecule has 3 aliphatic rings. The summed E-state index contributed by atoms with van der Waals surface area (Å²) in [5, 5.41) is 0. The maximum Gasteiger partial charge on any atom is 0.309 e. The maximum atomic E-state index is 12.4. The summed E-state index contributed by atoms with van der Waals surface area (Å²) in [5.74, 6) is 1.88. The Morgan fingerprint density at radius 2 is 1.09 bits per heavy atom. The van der Waals surface area contributed by atoms with Crippen molar-refractivity contribution in [3.05, 3.63) is 0 Å². The largest absolute Gasteiger partial charge is 0.462 e. The number of rotatable bonds is 3. The monoisotopic (exact) mass is 322 g/mol. The SMILES string of the molecule is NC1CCC(OC(=O)C2CCC(C3CCC(N)CC3)CC2)CC1. The Balaban J connectivity index is 1.39. The van der Waals surface area contributed by atoms with Gasteiger partial charge in [0.05, 0.1) is 5.92 Å². The summed E-state index contributed by atoms with van der Waals surface area (Å²) in [6.45, 7) is 0. The van der Waals surface area contributed by atoms with Crippen LogP contribution in [0.2, 0.25) is 0 Å². The first-order valence-corrected chi connectivity index (χ1v) is 9.83. The van der Waals surface area contributed by atoms with Gasteiger partial charge in [-0.15, -0.1) is 0 Å². The lowest BCUT2D eigenvalue weighted by Gasteiger charge is -2.37. The van der Waals surface area contributed by atoms with Gasteiger partial charge < -0.3 is 16.2 Å². The Morgan fingerprint density at radius 3 is 1.61 bits per heavy atom. The second-order valence-electron chi connectivity index (χ2n) is 8.26. The van der Waals surface area contributed by atoms with Crippen molar-refractivity contribution in [3.8, 4) is 0 Å². The van der Waals surface area contributed by atoms with Gasteiger partial charge in [0.25, 0.3) is 0 Å². The lowest BCUT2D eigenvalue weighted by atomic mass is 9.70. The zero-order valence-electron chi connectivity index (χ0n) is 14.4. The Labute approximate surface area is 140 Å². The number of carbonyl (C=O) groups excluding carboxylic acids is 1. The second-order valence-corrected chi connectivity index (χ2v) is 8.26. The summed E-state index contributed by atoms with van der Waals surface area (Å²) in [5.41, 5.74) is 11.9. The summed E-state index contributed by atoms with van der Waals surface area (Å²) in [6.07, 6.45) is 13.4. The van der Waals surface area contributed by atoms with Crippen LogP contribution in [0.4, 0.5) is 0 Å². The minimum atomic E-state index is 0.0644. The van der Waals surface area contributed by atoms with Crippen molar-refractivity contribution in [1.29, 1.82) is 0 Å². The van der Waals surface area contributed by atoms with Gasteiger partial charge in [0, 0.05) is 12.1 Å². The fraction of sp³-hybridized carbons (Fsp3) is 0.947. The lowest BCUT2D eigenvalue weighted by molar-refractivity contribution is -0.157. The van der Waals surface area contributed by atoms with E-state index < -0.39 is 0 Å². The van der Waals surface area contributed by atoms with E-state index >= 15 is 0 Å². The third-order valence-electron chi connectivity index (χ3n) is 6.59. The molecular weight excluding hydrogens is 288 g/mol. The number of ether oxygens (including phenoxy) is 1. The van der Waals surface area contributed by atoms with E-state index in [-0.39, 0.29) is 18.0 Å². The van der Waals surface area contributed by atoms with Gasteiger partial charge in [-0.2, -0.15) is 0 Å². The molecule has 4 heteroatoms. The highest BCUT2D eigenvalue weighted by molar-refractivity contribution is 5.72. The van der Waals surface area contributed by atoms with E-state index in [2.05, 4.69) is 0 Å². The Kier molecular flexibility index (Phi) is 5.97. The summed E-state index contributed by atoms with van der Waals surface area (Å²) in [7, 11) is 0. The number of nitrogens with two attached hydrogens (primary N) is 2. The predicted octanol–water partition coefficient (Wildman–Crippen LogP) is 3.12. The van der Waals surface area contributed by atoms with Crippen LogP contribution in [-0.4, -0.2) is 24.2 Å². The average Bonchev–Trinajstić information content (AvgIpc) is 2.58. The smallest absolute Gasteiger partial charge is 0.309 e. The lowest BCUT2D eigenvalue weighted by Crippen LogP contribution is -2.35. The molecule has 4 nitrogen and oxygen atoms in total. The molecule has 132 valence electrons. The molecule has 3 rings (SSSR count). The Morgan fingerprint density at radius 1 is 0.652 bits per heavy atom. The molecule has 0 heterocycles. The Hall–Kier alpha value is -0.610. The first-order chi connectivity index (χ1) is 11.1. The van der Waals surface area contributed by atoms with Crippen molar-refractivity contribution in [2.45, 2.75) is 95.2 Å². The number of hydrogen-bond donors (Lipinski definition) is 2. The molecule has 0 unspecified atom stereocenters. The highest BCUT2D eigenvalue weighted by Gasteiger charge is 2.34. The molecule has 3 saturated carbocycles. The van der Waals surface area contributed by atoms with E-state index in [1.165, 1.54) is 38.5 Å². The van der Waals surface area contributed by atoms with Gasteiger partial charge >= 0.3 is 5.97 Å². The third kappa shape index (κ3) is 4.69. The molecule has 23 heavy (non-hydrogen) atoms. The van der Waals surface area contributed by atoms with E-state index in [1.807, 2.05) is 0 Å². The minimum Gasteiger partial charge on any atom is -0.462 e. The molecule has 0 amide bonds. The molecule has 3 aliphatic carbocycles. The molecule has 0 bridgehead atoms. The quantitative estimate of drug-likeness (QED) is 0.783. The number of carbonyl (C=O) groups is 1. The standard InChI is InChI=1S/C19H34N2O2/c20-16-7-5-14(6-8-16)13-1-3-15(4-2-13)19(22)23-18-11-9-17(21)10-12-18/h13-18H,1-12,20-21H2. The van der Waals surface area contributed by atoms with Gasteiger partial charge in [0.2, 0.25) is 0 Å². The predicted molar refractivity (Wildman–Crippen MR) is 91.7 cm³/mol. The van der Waals surface area contributed by atoms with Crippen molar-refractivity contribution in [1.82, 2.24) is 0 Å². The van der Waals surface area contributed by atoms with Crippen LogP contribution in [0.15, 0.2) is 0 Å². The molecule has 3 fully saturated rings. The zero-order chi connectivity index (χ0) is 16.2. The Bertz CT molecular complexity index is 377. The van der Waals surface area contributed by atoms with Gasteiger partial charge in [0.15, 0.2) is 0 Å². The third-order valence-corrected chi connectivity index (χ3v) is 6.59. The van der Waals surface area contributed by atoms with E-state index in [0.29, 0.717) is 12.1 Å². The van der Waals surface area contributed by atoms with Gasteiger partial charge in [-0.1, -0.05) is 0 Å². The van der Waals surface area contributed by atoms with Crippen LogP contribution in [0.25, 0.3) is 0 Å². The van der Waals surface area contributed by atoms with E-state index in [9.17, 15) is 4.79 Å². The van der Waals surface area contributed by atoms with Gasteiger partial charge in [0.1, 0.15) is 6.10 Å². The van der Waals surface area contributed by atoms with Crippen LogP contribution >= 0.6 is 0 Å². The van der Waals surface area contributed by atoms with Gasteiger partial charge in [-0.25, -0.2) is 0 Å². The van der Waals surface area contributed by atoms with Crippen LogP contribution in [0.1, 0.15) is 77.0 Å². The highest BCUT2D eigenvalue weighted by atomic mass is 16.5. The average molecular weight is 322 g/mol. The summed E-state index contributed by atoms with van der Waals surface area (Å²) in [6, 6.07) is 0.741. The second kappa shape index (κ2) is 7.98. The van der Waals surface area contributed by atoms with E-state index in [1.54, 1.807) is 0 Å². The van der Waals surface area contributed by atoms with Gasteiger partial charge in [-0.05, 0) is 88.9 Å². The van der Waals surface area contributed by atoms with Crippen LogP contribution in [-0.2, 0) is 9.53 Å². The molecule has 0 atom stereocenters.